The Morgan fingerprint density at radius 1 is 1.00 bits per heavy atom. The Balaban J connectivity index is 1.67. The topological polar surface area (TPSA) is 55.2 Å². The first kappa shape index (κ1) is 21.1. The lowest BCUT2D eigenvalue weighted by atomic mass is 9.99. The Labute approximate surface area is 193 Å². The highest BCUT2D eigenvalue weighted by Gasteiger charge is 2.34. The molecule has 1 aliphatic heterocycles. The second-order valence-corrected chi connectivity index (χ2v) is 9.03. The Kier molecular flexibility index (Phi) is 5.12. The normalized spacial score (nSPS) is 16.1. The number of carbonyl (C=O) groups excluding carboxylic acids is 1. The molecule has 1 aromatic heterocycles. The number of aryl methyl sites for hydroxylation is 2. The first-order valence-corrected chi connectivity index (χ1v) is 11.4. The summed E-state index contributed by atoms with van der Waals surface area (Å²) in [4.78, 5) is 29.0. The molecular weight excluding hydrogens is 410 g/mol. The molecule has 0 spiro atoms. The van der Waals surface area contributed by atoms with Gasteiger partial charge in [0.05, 0.1) is 11.1 Å². The molecule has 5 heteroatoms. The van der Waals surface area contributed by atoms with E-state index < -0.39 is 6.04 Å². The van der Waals surface area contributed by atoms with Gasteiger partial charge in [0.1, 0.15) is 6.04 Å². The molecular formula is C28H27N3O2. The average molecular weight is 438 g/mol. The third kappa shape index (κ3) is 3.44. The minimum atomic E-state index is -0.737. The van der Waals surface area contributed by atoms with E-state index in [9.17, 15) is 9.59 Å². The maximum absolute atomic E-state index is 13.7. The average Bonchev–Trinajstić information content (AvgIpc) is 3.16. The van der Waals surface area contributed by atoms with Gasteiger partial charge in [-0.2, -0.15) is 5.10 Å². The number of fused-ring (bicyclic) bond motifs is 2. The third-order valence-electron chi connectivity index (χ3n) is 6.65. The predicted molar refractivity (Wildman–Crippen MR) is 133 cm³/mol. The predicted octanol–water partition coefficient (Wildman–Crippen LogP) is 5.22. The van der Waals surface area contributed by atoms with Crippen LogP contribution in [0.25, 0.3) is 22.0 Å². The van der Waals surface area contributed by atoms with Crippen molar-refractivity contribution in [2.24, 2.45) is 0 Å². The minimum Gasteiger partial charge on any atom is -0.307 e. The van der Waals surface area contributed by atoms with Crippen molar-refractivity contribution in [1.82, 2.24) is 9.78 Å². The zero-order valence-corrected chi connectivity index (χ0v) is 19.4. The summed E-state index contributed by atoms with van der Waals surface area (Å²) in [5.74, 6) is -0.121. The maximum atomic E-state index is 13.7. The Hall–Kier alpha value is -3.73. The molecule has 0 radical (unpaired) electrons. The maximum Gasteiger partial charge on any atom is 0.275 e. The molecule has 0 unspecified atom stereocenters. The quantitative estimate of drug-likeness (QED) is 0.442. The van der Waals surface area contributed by atoms with Gasteiger partial charge in [-0.15, -0.1) is 0 Å². The van der Waals surface area contributed by atoms with Gasteiger partial charge < -0.3 is 4.90 Å². The van der Waals surface area contributed by atoms with E-state index in [4.69, 9.17) is 5.10 Å². The molecule has 5 nitrogen and oxygen atoms in total. The first-order valence-electron chi connectivity index (χ1n) is 11.4. The van der Waals surface area contributed by atoms with E-state index in [1.807, 2.05) is 68.1 Å². The molecule has 0 bridgehead atoms. The fourth-order valence-corrected chi connectivity index (χ4v) is 4.87. The van der Waals surface area contributed by atoms with Crippen LogP contribution in [-0.2, 0) is 11.2 Å². The molecule has 0 saturated carbocycles. The summed E-state index contributed by atoms with van der Waals surface area (Å²) in [5.41, 5.74) is 5.71. The van der Waals surface area contributed by atoms with Gasteiger partial charge in [0.25, 0.3) is 11.5 Å². The van der Waals surface area contributed by atoms with Crippen LogP contribution in [0, 0.1) is 13.8 Å². The number of hydrogen-bond acceptors (Lipinski definition) is 3. The Morgan fingerprint density at radius 2 is 1.70 bits per heavy atom. The zero-order valence-electron chi connectivity index (χ0n) is 19.4. The Bertz CT molecular complexity index is 1450. The van der Waals surface area contributed by atoms with Crippen LogP contribution in [-0.4, -0.2) is 21.7 Å². The molecule has 0 aliphatic carbocycles. The van der Waals surface area contributed by atoms with Gasteiger partial charge in [0.15, 0.2) is 0 Å². The summed E-state index contributed by atoms with van der Waals surface area (Å²) in [6.07, 6.45) is 0.808. The van der Waals surface area contributed by atoms with Gasteiger partial charge in [-0.25, -0.2) is 4.68 Å². The standard InChI is InChI=1S/C28H27N3O2/c1-17-13-14-18(2)24(15-17)26-22-10-6-7-11-23(22)28(33)31(29-26)20(4)27(32)30-19(3)16-21-9-5-8-12-25(21)30/h5-15,19-20H,16H2,1-4H3/t19-,20-/m1/s1. The zero-order chi connectivity index (χ0) is 23.3. The first-order chi connectivity index (χ1) is 15.9. The molecule has 5 rings (SSSR count). The van der Waals surface area contributed by atoms with Crippen LogP contribution < -0.4 is 10.5 Å². The number of benzene rings is 3. The SMILES string of the molecule is Cc1ccc(C)c(-c2nn([C@H](C)C(=O)N3c4ccccc4C[C@H]3C)c(=O)c3ccccc23)c1. The number of para-hydroxylation sites is 1. The molecule has 166 valence electrons. The van der Waals surface area contributed by atoms with Gasteiger partial charge in [-0.1, -0.05) is 54.1 Å². The molecule has 2 heterocycles. The van der Waals surface area contributed by atoms with Crippen molar-refractivity contribution in [3.05, 3.63) is 93.8 Å². The van der Waals surface area contributed by atoms with Gasteiger partial charge >= 0.3 is 0 Å². The summed E-state index contributed by atoms with van der Waals surface area (Å²) in [5, 5.41) is 6.17. The molecule has 1 amide bonds. The number of rotatable bonds is 3. The smallest absolute Gasteiger partial charge is 0.275 e. The lowest BCUT2D eigenvalue weighted by molar-refractivity contribution is -0.121. The van der Waals surface area contributed by atoms with Crippen molar-refractivity contribution in [3.63, 3.8) is 0 Å². The highest BCUT2D eigenvalue weighted by Crippen LogP contribution is 2.34. The van der Waals surface area contributed by atoms with E-state index in [-0.39, 0.29) is 17.5 Å². The van der Waals surface area contributed by atoms with Gasteiger partial charge in [0.2, 0.25) is 0 Å². The largest absolute Gasteiger partial charge is 0.307 e. The molecule has 1 aliphatic rings. The highest BCUT2D eigenvalue weighted by molar-refractivity contribution is 5.99. The van der Waals surface area contributed by atoms with Crippen molar-refractivity contribution in [2.75, 3.05) is 4.90 Å². The fourth-order valence-electron chi connectivity index (χ4n) is 4.87. The van der Waals surface area contributed by atoms with E-state index in [1.165, 1.54) is 4.68 Å². The van der Waals surface area contributed by atoms with Crippen molar-refractivity contribution >= 4 is 22.4 Å². The second kappa shape index (κ2) is 8.00. The third-order valence-corrected chi connectivity index (χ3v) is 6.65. The number of carbonyl (C=O) groups is 1. The van der Waals surface area contributed by atoms with E-state index in [2.05, 4.69) is 24.3 Å². The van der Waals surface area contributed by atoms with E-state index >= 15 is 0 Å². The minimum absolute atomic E-state index is 0.0343. The van der Waals surface area contributed by atoms with Gasteiger partial charge in [-0.3, -0.25) is 9.59 Å². The van der Waals surface area contributed by atoms with Crippen LogP contribution in [0.3, 0.4) is 0 Å². The summed E-state index contributed by atoms with van der Waals surface area (Å²) < 4.78 is 1.37. The number of nitrogens with zero attached hydrogens (tertiary/aromatic N) is 3. The van der Waals surface area contributed by atoms with Crippen LogP contribution in [0.1, 0.15) is 36.6 Å². The summed E-state index contributed by atoms with van der Waals surface area (Å²) in [6.45, 7) is 7.90. The molecule has 2 atom stereocenters. The molecule has 0 saturated heterocycles. The van der Waals surface area contributed by atoms with Crippen molar-refractivity contribution in [3.8, 4) is 11.3 Å². The molecule has 0 N–H and O–H groups in total. The number of aromatic nitrogens is 2. The van der Waals surface area contributed by atoms with E-state index in [0.717, 1.165) is 45.4 Å². The van der Waals surface area contributed by atoms with Crippen molar-refractivity contribution < 1.29 is 4.79 Å². The number of hydrogen-bond donors (Lipinski definition) is 0. The van der Waals surface area contributed by atoms with Crippen molar-refractivity contribution in [2.45, 2.75) is 46.2 Å². The van der Waals surface area contributed by atoms with Crippen LogP contribution >= 0.6 is 0 Å². The van der Waals surface area contributed by atoms with Crippen LogP contribution in [0.4, 0.5) is 5.69 Å². The Morgan fingerprint density at radius 3 is 2.48 bits per heavy atom. The van der Waals surface area contributed by atoms with Crippen molar-refractivity contribution in [1.29, 1.82) is 0 Å². The lowest BCUT2D eigenvalue weighted by Crippen LogP contribution is -2.43. The van der Waals surface area contributed by atoms with Gasteiger partial charge in [0, 0.05) is 22.7 Å². The molecule has 3 aromatic carbocycles. The highest BCUT2D eigenvalue weighted by atomic mass is 16.2. The van der Waals surface area contributed by atoms with Crippen LogP contribution in [0.2, 0.25) is 0 Å². The number of anilines is 1. The monoisotopic (exact) mass is 437 g/mol. The fraction of sp³-hybridized carbons (Fsp3) is 0.250. The summed E-state index contributed by atoms with van der Waals surface area (Å²) in [6, 6.07) is 21.0. The lowest BCUT2D eigenvalue weighted by Gasteiger charge is -2.27. The van der Waals surface area contributed by atoms with Gasteiger partial charge in [-0.05, 0) is 63.4 Å². The molecule has 33 heavy (non-hydrogen) atoms. The number of amides is 1. The molecule has 0 fully saturated rings. The van der Waals surface area contributed by atoms with E-state index in [1.54, 1.807) is 6.92 Å². The summed E-state index contributed by atoms with van der Waals surface area (Å²) in [7, 11) is 0. The van der Waals surface area contributed by atoms with Crippen LogP contribution in [0.15, 0.2) is 71.5 Å². The van der Waals surface area contributed by atoms with Crippen LogP contribution in [0.5, 0.6) is 0 Å². The summed E-state index contributed by atoms with van der Waals surface area (Å²) >= 11 is 0. The van der Waals surface area contributed by atoms with E-state index in [0.29, 0.717) is 5.39 Å². The molecule has 4 aromatic rings. The second-order valence-electron chi connectivity index (χ2n) is 9.03.